The van der Waals surface area contributed by atoms with E-state index in [4.69, 9.17) is 15.2 Å². The third-order valence-electron chi connectivity index (χ3n) is 4.96. The van der Waals surface area contributed by atoms with Gasteiger partial charge < -0.3 is 25.4 Å². The first-order chi connectivity index (χ1) is 16.3. The Bertz CT molecular complexity index is 1080. The van der Waals surface area contributed by atoms with E-state index in [1.807, 2.05) is 0 Å². The Balaban J connectivity index is 2.05. The van der Waals surface area contributed by atoms with E-state index >= 15 is 0 Å². The molecule has 2 amide bonds. The summed E-state index contributed by atoms with van der Waals surface area (Å²) in [6, 6.07) is 20.0. The molecule has 0 heterocycles. The molecule has 0 aliphatic rings. The molecule has 0 aliphatic carbocycles. The molecule has 3 rings (SSSR count). The van der Waals surface area contributed by atoms with Crippen LogP contribution in [0.1, 0.15) is 34.6 Å². The van der Waals surface area contributed by atoms with Crippen LogP contribution in [0.4, 0.5) is 11.4 Å². The molecule has 0 spiro atoms. The average Bonchev–Trinajstić information content (AvgIpc) is 2.84. The molecule has 178 valence electrons. The van der Waals surface area contributed by atoms with Crippen molar-refractivity contribution in [3.63, 3.8) is 0 Å². The highest BCUT2D eigenvalue weighted by molar-refractivity contribution is 6.11. The summed E-state index contributed by atoms with van der Waals surface area (Å²) in [5.41, 5.74) is 7.01. The fraction of sp³-hybridized carbons (Fsp3) is 0.231. The fourth-order valence-corrected chi connectivity index (χ4v) is 3.22. The maximum Gasteiger partial charge on any atom is 0.262 e. The van der Waals surface area contributed by atoms with E-state index in [1.54, 1.807) is 62.4 Å². The molecule has 0 bridgehead atoms. The van der Waals surface area contributed by atoms with E-state index in [9.17, 15) is 19.8 Å². The quantitative estimate of drug-likeness (QED) is 0.423. The first kappa shape index (κ1) is 24.8. The second-order valence-electron chi connectivity index (χ2n) is 7.80. The number of aliphatic hydroxyl groups excluding tert-OH is 2. The predicted molar refractivity (Wildman–Crippen MR) is 129 cm³/mol. The third kappa shape index (κ3) is 6.12. The summed E-state index contributed by atoms with van der Waals surface area (Å²) in [5, 5.41) is 18.6. The minimum atomic E-state index is -0.582. The number of aliphatic hydroxyl groups is 2. The van der Waals surface area contributed by atoms with Crippen LogP contribution in [0.3, 0.4) is 0 Å². The maximum atomic E-state index is 13.7. The monoisotopic (exact) mass is 464 g/mol. The molecule has 0 saturated heterocycles. The van der Waals surface area contributed by atoms with Crippen molar-refractivity contribution in [1.82, 2.24) is 0 Å². The van der Waals surface area contributed by atoms with E-state index in [-0.39, 0.29) is 19.1 Å². The summed E-state index contributed by atoms with van der Waals surface area (Å²) in [4.78, 5) is 26.6. The van der Waals surface area contributed by atoms with Gasteiger partial charge in [0.1, 0.15) is 23.7 Å². The van der Waals surface area contributed by atoms with E-state index < -0.39 is 18.1 Å². The molecular weight excluding hydrogens is 436 g/mol. The second-order valence-corrected chi connectivity index (χ2v) is 7.80. The number of rotatable bonds is 10. The van der Waals surface area contributed by atoms with Crippen LogP contribution in [0, 0.1) is 0 Å². The molecule has 3 aromatic rings. The zero-order chi connectivity index (χ0) is 24.7. The van der Waals surface area contributed by atoms with Crippen molar-refractivity contribution < 1.29 is 29.3 Å². The van der Waals surface area contributed by atoms with Gasteiger partial charge in [0.15, 0.2) is 0 Å². The molecular formula is C26H28N2O6. The van der Waals surface area contributed by atoms with Crippen LogP contribution in [0.2, 0.25) is 0 Å². The van der Waals surface area contributed by atoms with Crippen LogP contribution >= 0.6 is 0 Å². The lowest BCUT2D eigenvalue weighted by atomic mass is 10.1. The van der Waals surface area contributed by atoms with Gasteiger partial charge in [-0.25, -0.2) is 0 Å². The SMILES string of the molecule is CC(CO)Oc1cccc(N(C(=O)c2ccc(C(N)=O)cc2)c2cccc(OC(C)CO)c2)c1. The summed E-state index contributed by atoms with van der Waals surface area (Å²) in [6.07, 6.45) is -0.838. The van der Waals surface area contributed by atoms with Gasteiger partial charge in [-0.05, 0) is 62.4 Å². The highest BCUT2D eigenvalue weighted by Crippen LogP contribution is 2.33. The normalized spacial score (nSPS) is 12.5. The fourth-order valence-electron chi connectivity index (χ4n) is 3.22. The summed E-state index contributed by atoms with van der Waals surface area (Å²) in [7, 11) is 0. The Labute approximate surface area is 198 Å². The predicted octanol–water partition coefficient (Wildman–Crippen LogP) is 3.28. The van der Waals surface area contributed by atoms with Gasteiger partial charge in [-0.3, -0.25) is 14.5 Å². The van der Waals surface area contributed by atoms with E-state index in [0.717, 1.165) is 0 Å². The van der Waals surface area contributed by atoms with Gasteiger partial charge in [-0.1, -0.05) is 12.1 Å². The molecule has 2 atom stereocenters. The molecule has 0 aliphatic heterocycles. The van der Waals surface area contributed by atoms with Crippen molar-refractivity contribution >= 4 is 23.2 Å². The van der Waals surface area contributed by atoms with E-state index in [1.165, 1.54) is 29.2 Å². The van der Waals surface area contributed by atoms with Gasteiger partial charge in [-0.2, -0.15) is 0 Å². The standard InChI is InChI=1S/C26H28N2O6/c1-17(15-29)33-23-7-3-5-21(13-23)28(22-6-4-8-24(14-22)34-18(2)16-30)26(32)20-11-9-19(10-12-20)25(27)31/h3-14,17-18,29-30H,15-16H2,1-2H3,(H2,27,31). The molecule has 2 unspecified atom stereocenters. The second kappa shape index (κ2) is 11.3. The molecule has 8 heteroatoms. The smallest absolute Gasteiger partial charge is 0.262 e. The average molecular weight is 465 g/mol. The summed E-state index contributed by atoms with van der Waals surface area (Å²) >= 11 is 0. The number of hydrogen-bond donors (Lipinski definition) is 3. The molecule has 0 aromatic heterocycles. The first-order valence-electron chi connectivity index (χ1n) is 10.8. The van der Waals surface area contributed by atoms with Crippen LogP contribution in [-0.4, -0.2) is 47.4 Å². The molecule has 4 N–H and O–H groups in total. The number of nitrogens with two attached hydrogens (primary N) is 1. The van der Waals surface area contributed by atoms with Gasteiger partial charge in [0.25, 0.3) is 5.91 Å². The Morgan fingerprint density at radius 1 is 0.794 bits per heavy atom. The van der Waals surface area contributed by atoms with Crippen molar-refractivity contribution in [2.45, 2.75) is 26.1 Å². The number of benzene rings is 3. The van der Waals surface area contributed by atoms with Crippen LogP contribution in [0.15, 0.2) is 72.8 Å². The first-order valence-corrected chi connectivity index (χ1v) is 10.8. The Hall–Kier alpha value is -3.88. The molecule has 3 aromatic carbocycles. The number of carbonyl (C=O) groups excluding carboxylic acids is 2. The van der Waals surface area contributed by atoms with Gasteiger partial charge in [0.05, 0.1) is 24.6 Å². The number of amides is 2. The van der Waals surface area contributed by atoms with Gasteiger partial charge in [0, 0.05) is 23.3 Å². The molecule has 0 fully saturated rings. The van der Waals surface area contributed by atoms with Crippen LogP contribution < -0.4 is 20.1 Å². The van der Waals surface area contributed by atoms with Crippen LogP contribution in [-0.2, 0) is 0 Å². The number of carbonyl (C=O) groups is 2. The molecule has 0 saturated carbocycles. The van der Waals surface area contributed by atoms with Gasteiger partial charge in [-0.15, -0.1) is 0 Å². The maximum absolute atomic E-state index is 13.7. The lowest BCUT2D eigenvalue weighted by molar-refractivity contribution is 0.0988. The number of hydrogen-bond acceptors (Lipinski definition) is 6. The Morgan fingerprint density at radius 2 is 1.24 bits per heavy atom. The summed E-state index contributed by atoms with van der Waals surface area (Å²) < 4.78 is 11.4. The summed E-state index contributed by atoms with van der Waals surface area (Å²) in [6.45, 7) is 3.17. The molecule has 8 nitrogen and oxygen atoms in total. The van der Waals surface area contributed by atoms with Crippen molar-refractivity contribution in [2.24, 2.45) is 5.73 Å². The summed E-state index contributed by atoms with van der Waals surface area (Å²) in [5.74, 6) is 0.0433. The van der Waals surface area contributed by atoms with Crippen molar-refractivity contribution in [2.75, 3.05) is 18.1 Å². The molecule has 0 radical (unpaired) electrons. The van der Waals surface area contributed by atoms with Gasteiger partial charge in [0.2, 0.25) is 5.91 Å². The largest absolute Gasteiger partial charge is 0.488 e. The minimum absolute atomic E-state index is 0.151. The topological polar surface area (TPSA) is 122 Å². The zero-order valence-corrected chi connectivity index (χ0v) is 19.0. The highest BCUT2D eigenvalue weighted by atomic mass is 16.5. The Kier molecular flexibility index (Phi) is 8.24. The minimum Gasteiger partial charge on any atom is -0.488 e. The van der Waals surface area contributed by atoms with E-state index in [0.29, 0.717) is 34.0 Å². The number of nitrogens with zero attached hydrogens (tertiary/aromatic N) is 1. The molecule has 34 heavy (non-hydrogen) atoms. The van der Waals surface area contributed by atoms with Gasteiger partial charge >= 0.3 is 0 Å². The zero-order valence-electron chi connectivity index (χ0n) is 19.0. The van der Waals surface area contributed by atoms with Crippen molar-refractivity contribution in [3.8, 4) is 11.5 Å². The number of primary amides is 1. The lowest BCUT2D eigenvalue weighted by Crippen LogP contribution is -2.26. The lowest BCUT2D eigenvalue weighted by Gasteiger charge is -2.25. The van der Waals surface area contributed by atoms with Crippen LogP contribution in [0.25, 0.3) is 0 Å². The van der Waals surface area contributed by atoms with E-state index in [2.05, 4.69) is 0 Å². The van der Waals surface area contributed by atoms with Crippen molar-refractivity contribution in [3.05, 3.63) is 83.9 Å². The number of anilines is 2. The van der Waals surface area contributed by atoms with Crippen LogP contribution in [0.5, 0.6) is 11.5 Å². The number of ether oxygens (including phenoxy) is 2. The highest BCUT2D eigenvalue weighted by Gasteiger charge is 2.22. The third-order valence-corrected chi connectivity index (χ3v) is 4.96. The van der Waals surface area contributed by atoms with Crippen molar-refractivity contribution in [1.29, 1.82) is 0 Å². The Morgan fingerprint density at radius 3 is 1.65 bits per heavy atom.